The SMILES string of the molecule is CCCCCCCCCCCCCCCCCC(=O)Oc1ccccc1S(=O)(=O)O. The van der Waals surface area contributed by atoms with Gasteiger partial charge in [-0.2, -0.15) is 8.42 Å². The van der Waals surface area contributed by atoms with Gasteiger partial charge in [0.05, 0.1) is 0 Å². The molecule has 5 nitrogen and oxygen atoms in total. The second kappa shape index (κ2) is 16.3. The summed E-state index contributed by atoms with van der Waals surface area (Å²) >= 11 is 0. The van der Waals surface area contributed by atoms with E-state index in [0.29, 0.717) is 0 Å². The topological polar surface area (TPSA) is 80.7 Å². The summed E-state index contributed by atoms with van der Waals surface area (Å²) in [5.41, 5.74) is 0. The molecule has 0 saturated carbocycles. The summed E-state index contributed by atoms with van der Waals surface area (Å²) in [7, 11) is -4.41. The number of carbonyl (C=O) groups excluding carboxylic acids is 1. The van der Waals surface area contributed by atoms with Gasteiger partial charge in [0.1, 0.15) is 4.90 Å². The molecule has 0 bridgehead atoms. The zero-order valence-electron chi connectivity index (χ0n) is 18.6. The van der Waals surface area contributed by atoms with Crippen molar-refractivity contribution < 1.29 is 22.5 Å². The number of unbranched alkanes of at least 4 members (excludes halogenated alkanes) is 14. The minimum absolute atomic E-state index is 0.119. The first-order valence-corrected chi connectivity index (χ1v) is 13.2. The Bertz CT molecular complexity index is 685. The van der Waals surface area contributed by atoms with E-state index in [0.717, 1.165) is 19.3 Å². The van der Waals surface area contributed by atoms with E-state index in [1.807, 2.05) is 0 Å². The van der Waals surface area contributed by atoms with Crippen LogP contribution in [0.15, 0.2) is 29.2 Å². The average molecular weight is 441 g/mol. The van der Waals surface area contributed by atoms with Crippen molar-refractivity contribution in [3.63, 3.8) is 0 Å². The quantitative estimate of drug-likeness (QED) is 0.114. The van der Waals surface area contributed by atoms with Gasteiger partial charge in [0.2, 0.25) is 0 Å². The molecule has 0 aromatic heterocycles. The highest BCUT2D eigenvalue weighted by Gasteiger charge is 2.18. The number of benzene rings is 1. The Labute approximate surface area is 183 Å². The fourth-order valence-electron chi connectivity index (χ4n) is 3.56. The Kier molecular flexibility index (Phi) is 14.5. The van der Waals surface area contributed by atoms with Gasteiger partial charge in [-0.15, -0.1) is 0 Å². The normalized spacial score (nSPS) is 11.5. The number of hydrogen-bond donors (Lipinski definition) is 1. The van der Waals surface area contributed by atoms with Crippen LogP contribution in [0.4, 0.5) is 0 Å². The van der Waals surface area contributed by atoms with Crippen LogP contribution in [0.3, 0.4) is 0 Å². The maximum atomic E-state index is 11.9. The van der Waals surface area contributed by atoms with E-state index in [4.69, 9.17) is 4.74 Å². The zero-order chi connectivity index (χ0) is 22.1. The molecule has 0 aliphatic carbocycles. The molecule has 172 valence electrons. The Balaban J connectivity index is 1.98. The number of carbonyl (C=O) groups is 1. The highest BCUT2D eigenvalue weighted by atomic mass is 32.2. The van der Waals surface area contributed by atoms with Crippen LogP contribution < -0.4 is 4.74 Å². The van der Waals surface area contributed by atoms with Crippen LogP contribution in [0.2, 0.25) is 0 Å². The first-order chi connectivity index (χ1) is 14.4. The molecule has 0 radical (unpaired) electrons. The fraction of sp³-hybridized carbons (Fsp3) is 0.708. The van der Waals surface area contributed by atoms with Gasteiger partial charge in [0.15, 0.2) is 5.75 Å². The van der Waals surface area contributed by atoms with Gasteiger partial charge in [-0.1, -0.05) is 109 Å². The molecule has 0 fully saturated rings. The first-order valence-electron chi connectivity index (χ1n) is 11.7. The number of ether oxygens (including phenoxy) is 1. The Morgan fingerprint density at radius 1 is 0.767 bits per heavy atom. The molecule has 0 aliphatic heterocycles. The monoisotopic (exact) mass is 440 g/mol. The Hall–Kier alpha value is -1.40. The maximum Gasteiger partial charge on any atom is 0.311 e. The lowest BCUT2D eigenvalue weighted by atomic mass is 10.0. The van der Waals surface area contributed by atoms with Crippen LogP contribution in [-0.2, 0) is 14.9 Å². The lowest BCUT2D eigenvalue weighted by molar-refractivity contribution is -0.134. The summed E-state index contributed by atoms with van der Waals surface area (Å²) in [6, 6.07) is 5.61. The lowest BCUT2D eigenvalue weighted by Crippen LogP contribution is -2.10. The number of hydrogen-bond acceptors (Lipinski definition) is 4. The van der Waals surface area contributed by atoms with Gasteiger partial charge in [-0.25, -0.2) is 0 Å². The third kappa shape index (κ3) is 13.0. The molecule has 1 rings (SSSR count). The Morgan fingerprint density at radius 2 is 1.20 bits per heavy atom. The number of esters is 1. The van der Waals surface area contributed by atoms with Gasteiger partial charge < -0.3 is 4.74 Å². The van der Waals surface area contributed by atoms with Crippen molar-refractivity contribution in [3.05, 3.63) is 24.3 Å². The number of para-hydroxylation sites is 1. The molecule has 1 N–H and O–H groups in total. The van der Waals surface area contributed by atoms with E-state index in [2.05, 4.69) is 6.92 Å². The van der Waals surface area contributed by atoms with Crippen molar-refractivity contribution in [1.82, 2.24) is 0 Å². The van der Waals surface area contributed by atoms with Crippen LogP contribution in [0.5, 0.6) is 5.75 Å². The summed E-state index contributed by atoms with van der Waals surface area (Å²) in [6.07, 6.45) is 19.1. The zero-order valence-corrected chi connectivity index (χ0v) is 19.4. The summed E-state index contributed by atoms with van der Waals surface area (Å²) in [5.74, 6) is -0.591. The van der Waals surface area contributed by atoms with Gasteiger partial charge >= 0.3 is 5.97 Å². The van der Waals surface area contributed by atoms with Crippen LogP contribution in [0.25, 0.3) is 0 Å². The highest BCUT2D eigenvalue weighted by molar-refractivity contribution is 7.86. The molecule has 30 heavy (non-hydrogen) atoms. The standard InChI is InChI=1S/C24H40O5S/c1-2-3-4-5-6-7-8-9-10-11-12-13-14-15-16-21-24(25)29-22-19-17-18-20-23(22)30(26,27)28/h17-20H,2-16,21H2,1H3,(H,26,27,28). The van der Waals surface area contributed by atoms with Crippen molar-refractivity contribution >= 4 is 16.1 Å². The second-order valence-electron chi connectivity index (χ2n) is 8.10. The van der Waals surface area contributed by atoms with Crippen molar-refractivity contribution in [2.24, 2.45) is 0 Å². The Morgan fingerprint density at radius 3 is 1.67 bits per heavy atom. The highest BCUT2D eigenvalue weighted by Crippen LogP contribution is 2.23. The van der Waals surface area contributed by atoms with E-state index in [-0.39, 0.29) is 17.1 Å². The van der Waals surface area contributed by atoms with E-state index >= 15 is 0 Å². The minimum atomic E-state index is -4.41. The van der Waals surface area contributed by atoms with Crippen LogP contribution in [-0.4, -0.2) is 18.9 Å². The van der Waals surface area contributed by atoms with Crippen LogP contribution in [0.1, 0.15) is 110 Å². The molecule has 0 amide bonds. The molecule has 0 spiro atoms. The molecule has 0 aliphatic rings. The molecular weight excluding hydrogens is 400 g/mol. The largest absolute Gasteiger partial charge is 0.425 e. The predicted octanol–water partition coefficient (Wildman–Crippen LogP) is 7.10. The summed E-state index contributed by atoms with van der Waals surface area (Å²) in [5, 5.41) is 0. The van der Waals surface area contributed by atoms with Gasteiger partial charge in [0, 0.05) is 6.42 Å². The van der Waals surface area contributed by atoms with Gasteiger partial charge in [-0.05, 0) is 18.6 Å². The van der Waals surface area contributed by atoms with Crippen molar-refractivity contribution in [2.45, 2.75) is 115 Å². The summed E-state index contributed by atoms with van der Waals surface area (Å²) in [6.45, 7) is 2.25. The second-order valence-corrected chi connectivity index (χ2v) is 9.49. The van der Waals surface area contributed by atoms with Crippen molar-refractivity contribution in [2.75, 3.05) is 0 Å². The smallest absolute Gasteiger partial charge is 0.311 e. The molecule has 0 heterocycles. The van der Waals surface area contributed by atoms with E-state index in [1.54, 1.807) is 6.07 Å². The average Bonchev–Trinajstić information content (AvgIpc) is 2.70. The summed E-state index contributed by atoms with van der Waals surface area (Å²) in [4.78, 5) is 11.5. The van der Waals surface area contributed by atoms with Crippen molar-refractivity contribution in [1.29, 1.82) is 0 Å². The third-order valence-electron chi connectivity index (χ3n) is 5.34. The van der Waals surface area contributed by atoms with E-state index in [1.165, 1.54) is 95.2 Å². The first kappa shape index (κ1) is 26.6. The maximum absolute atomic E-state index is 11.9. The van der Waals surface area contributed by atoms with Crippen molar-refractivity contribution in [3.8, 4) is 5.75 Å². The van der Waals surface area contributed by atoms with Gasteiger partial charge in [-0.3, -0.25) is 9.35 Å². The van der Waals surface area contributed by atoms with E-state index < -0.39 is 16.1 Å². The molecule has 1 aromatic carbocycles. The number of rotatable bonds is 18. The van der Waals surface area contributed by atoms with E-state index in [9.17, 15) is 17.8 Å². The lowest BCUT2D eigenvalue weighted by Gasteiger charge is -2.08. The molecule has 0 unspecified atom stereocenters. The predicted molar refractivity (Wildman–Crippen MR) is 121 cm³/mol. The van der Waals surface area contributed by atoms with Crippen LogP contribution in [0, 0.1) is 0 Å². The fourth-order valence-corrected chi connectivity index (χ4v) is 4.18. The molecule has 1 aromatic rings. The molecular formula is C24H40O5S. The third-order valence-corrected chi connectivity index (χ3v) is 6.23. The molecule has 6 heteroatoms. The van der Waals surface area contributed by atoms with Gasteiger partial charge in [0.25, 0.3) is 10.1 Å². The molecule has 0 saturated heterocycles. The minimum Gasteiger partial charge on any atom is -0.425 e. The van der Waals surface area contributed by atoms with Crippen LogP contribution >= 0.6 is 0 Å². The summed E-state index contributed by atoms with van der Waals surface area (Å²) < 4.78 is 36.9. The molecule has 0 atom stereocenters.